The molecule has 1 saturated heterocycles. The van der Waals surface area contributed by atoms with Crippen molar-refractivity contribution in [2.45, 2.75) is 6.92 Å². The van der Waals surface area contributed by atoms with E-state index in [2.05, 4.69) is 10.2 Å². The summed E-state index contributed by atoms with van der Waals surface area (Å²) >= 11 is 1.44. The Labute approximate surface area is 163 Å². The number of hydrogen-bond acceptors (Lipinski definition) is 5. The molecule has 0 radical (unpaired) electrons. The summed E-state index contributed by atoms with van der Waals surface area (Å²) in [4.78, 5) is 29.6. The van der Waals surface area contributed by atoms with Gasteiger partial charge in [-0.1, -0.05) is 18.2 Å². The zero-order valence-corrected chi connectivity index (χ0v) is 16.3. The van der Waals surface area contributed by atoms with Crippen LogP contribution in [0.4, 0.5) is 0 Å². The third-order valence-electron chi connectivity index (χ3n) is 4.54. The van der Waals surface area contributed by atoms with Crippen LogP contribution in [0.15, 0.2) is 41.8 Å². The molecule has 1 aromatic heterocycles. The van der Waals surface area contributed by atoms with E-state index in [-0.39, 0.29) is 11.8 Å². The van der Waals surface area contributed by atoms with Crippen molar-refractivity contribution >= 4 is 23.2 Å². The van der Waals surface area contributed by atoms with Gasteiger partial charge in [-0.25, -0.2) is 0 Å². The second kappa shape index (κ2) is 9.53. The second-order valence-electron chi connectivity index (χ2n) is 6.30. The van der Waals surface area contributed by atoms with Gasteiger partial charge in [0.25, 0.3) is 11.8 Å². The molecule has 27 heavy (non-hydrogen) atoms. The molecule has 0 atom stereocenters. The maximum atomic E-state index is 12.8. The van der Waals surface area contributed by atoms with Crippen LogP contribution < -0.4 is 10.1 Å². The van der Waals surface area contributed by atoms with Crippen LogP contribution in [0.2, 0.25) is 0 Å². The highest BCUT2D eigenvalue weighted by Crippen LogP contribution is 2.20. The van der Waals surface area contributed by atoms with Gasteiger partial charge < -0.3 is 15.0 Å². The van der Waals surface area contributed by atoms with Gasteiger partial charge in [-0.2, -0.15) is 0 Å². The van der Waals surface area contributed by atoms with Crippen LogP contribution in [0, 0.1) is 0 Å². The van der Waals surface area contributed by atoms with Gasteiger partial charge in [-0.05, 0) is 30.5 Å². The number of nitrogens with one attached hydrogen (secondary N) is 1. The Morgan fingerprint density at radius 3 is 2.59 bits per heavy atom. The van der Waals surface area contributed by atoms with Crippen LogP contribution in [0.3, 0.4) is 0 Å². The number of benzene rings is 1. The van der Waals surface area contributed by atoms with Crippen molar-refractivity contribution in [2.75, 3.05) is 45.9 Å². The Bertz CT molecular complexity index is 756. The first-order chi connectivity index (χ1) is 13.2. The quantitative estimate of drug-likeness (QED) is 0.792. The predicted octanol–water partition coefficient (Wildman–Crippen LogP) is 2.33. The predicted molar refractivity (Wildman–Crippen MR) is 107 cm³/mol. The Balaban J connectivity index is 1.45. The molecule has 0 saturated carbocycles. The number of nitrogens with zero attached hydrogens (tertiary/aromatic N) is 2. The maximum absolute atomic E-state index is 12.8. The van der Waals surface area contributed by atoms with E-state index >= 15 is 0 Å². The summed E-state index contributed by atoms with van der Waals surface area (Å²) in [5, 5.41) is 4.84. The fraction of sp³-hybridized carbons (Fsp3) is 0.400. The molecule has 3 rings (SSSR count). The Kier molecular flexibility index (Phi) is 6.84. The standard InChI is InChI=1S/C20H25N3O3S/c1-2-26-17-7-4-3-6-16(17)20(25)23-13-11-22(12-14-23)10-9-21-19(24)18-8-5-15-27-18/h3-8,15H,2,9-14H2,1H3,(H,21,24). The molecule has 2 aromatic rings. The van der Waals surface area contributed by atoms with E-state index in [9.17, 15) is 9.59 Å². The topological polar surface area (TPSA) is 61.9 Å². The van der Waals surface area contributed by atoms with E-state index in [0.29, 0.717) is 37.6 Å². The van der Waals surface area contributed by atoms with E-state index < -0.39 is 0 Å². The average Bonchev–Trinajstić information content (AvgIpc) is 3.24. The van der Waals surface area contributed by atoms with Crippen LogP contribution in [0.25, 0.3) is 0 Å². The highest BCUT2D eigenvalue weighted by atomic mass is 32.1. The molecule has 6 nitrogen and oxygen atoms in total. The molecule has 0 spiro atoms. The molecule has 0 bridgehead atoms. The molecule has 1 fully saturated rings. The van der Waals surface area contributed by atoms with Crippen molar-refractivity contribution in [3.8, 4) is 5.75 Å². The summed E-state index contributed by atoms with van der Waals surface area (Å²) in [6.07, 6.45) is 0. The Hall–Kier alpha value is -2.38. The molecule has 144 valence electrons. The van der Waals surface area contributed by atoms with Crippen LogP contribution in [-0.4, -0.2) is 67.5 Å². The number of piperazine rings is 1. The summed E-state index contributed by atoms with van der Waals surface area (Å²) < 4.78 is 5.58. The van der Waals surface area contributed by atoms with Crippen LogP contribution in [0.5, 0.6) is 5.75 Å². The number of carbonyl (C=O) groups is 2. The lowest BCUT2D eigenvalue weighted by Crippen LogP contribution is -2.50. The molecule has 1 aliphatic rings. The molecule has 1 aliphatic heterocycles. The molecule has 0 aliphatic carbocycles. The van der Waals surface area contributed by atoms with E-state index in [1.807, 2.05) is 53.6 Å². The fourth-order valence-electron chi connectivity index (χ4n) is 3.09. The van der Waals surface area contributed by atoms with E-state index in [0.717, 1.165) is 24.5 Å². The van der Waals surface area contributed by atoms with Gasteiger partial charge in [0.05, 0.1) is 17.0 Å². The summed E-state index contributed by atoms with van der Waals surface area (Å²) in [5.41, 5.74) is 0.621. The molecule has 1 N–H and O–H groups in total. The van der Waals surface area contributed by atoms with Crippen molar-refractivity contribution in [1.29, 1.82) is 0 Å². The van der Waals surface area contributed by atoms with Crippen molar-refractivity contribution in [2.24, 2.45) is 0 Å². The lowest BCUT2D eigenvalue weighted by atomic mass is 10.1. The lowest BCUT2D eigenvalue weighted by Gasteiger charge is -2.35. The van der Waals surface area contributed by atoms with E-state index in [1.54, 1.807) is 0 Å². The first-order valence-electron chi connectivity index (χ1n) is 9.24. The summed E-state index contributed by atoms with van der Waals surface area (Å²) in [7, 11) is 0. The largest absolute Gasteiger partial charge is 0.493 e. The number of para-hydroxylation sites is 1. The fourth-order valence-corrected chi connectivity index (χ4v) is 3.73. The zero-order valence-electron chi connectivity index (χ0n) is 15.5. The number of thiophene rings is 1. The van der Waals surface area contributed by atoms with Gasteiger partial charge in [0.2, 0.25) is 0 Å². The molecule has 0 unspecified atom stereocenters. The van der Waals surface area contributed by atoms with Crippen LogP contribution >= 0.6 is 11.3 Å². The first-order valence-corrected chi connectivity index (χ1v) is 10.1. The van der Waals surface area contributed by atoms with E-state index in [4.69, 9.17) is 4.74 Å². The third kappa shape index (κ3) is 5.08. The minimum atomic E-state index is -0.0219. The maximum Gasteiger partial charge on any atom is 0.261 e. The van der Waals surface area contributed by atoms with Crippen molar-refractivity contribution < 1.29 is 14.3 Å². The summed E-state index contributed by atoms with van der Waals surface area (Å²) in [5.74, 6) is 0.639. The van der Waals surface area contributed by atoms with Gasteiger partial charge in [0.15, 0.2) is 0 Å². The number of carbonyl (C=O) groups excluding carboxylic acids is 2. The first kappa shape index (κ1) is 19.4. The minimum absolute atomic E-state index is 0.0182. The van der Waals surface area contributed by atoms with Gasteiger partial charge in [-0.15, -0.1) is 11.3 Å². The van der Waals surface area contributed by atoms with Crippen LogP contribution in [-0.2, 0) is 0 Å². The molecular weight excluding hydrogens is 362 g/mol. The number of rotatable bonds is 7. The Morgan fingerprint density at radius 1 is 1.11 bits per heavy atom. The lowest BCUT2D eigenvalue weighted by molar-refractivity contribution is 0.0634. The zero-order chi connectivity index (χ0) is 19.1. The molecule has 2 heterocycles. The Morgan fingerprint density at radius 2 is 1.89 bits per heavy atom. The normalized spacial score (nSPS) is 14.8. The smallest absolute Gasteiger partial charge is 0.261 e. The van der Waals surface area contributed by atoms with Crippen molar-refractivity contribution in [3.05, 3.63) is 52.2 Å². The minimum Gasteiger partial charge on any atom is -0.493 e. The third-order valence-corrected chi connectivity index (χ3v) is 5.40. The van der Waals surface area contributed by atoms with E-state index in [1.165, 1.54) is 11.3 Å². The second-order valence-corrected chi connectivity index (χ2v) is 7.24. The molecule has 7 heteroatoms. The van der Waals surface area contributed by atoms with Crippen molar-refractivity contribution in [1.82, 2.24) is 15.1 Å². The van der Waals surface area contributed by atoms with Gasteiger partial charge in [0, 0.05) is 39.3 Å². The van der Waals surface area contributed by atoms with Gasteiger partial charge in [-0.3, -0.25) is 14.5 Å². The number of ether oxygens (including phenoxy) is 1. The molecular formula is C20H25N3O3S. The van der Waals surface area contributed by atoms with Gasteiger partial charge in [0.1, 0.15) is 5.75 Å². The molecule has 1 aromatic carbocycles. The number of amides is 2. The van der Waals surface area contributed by atoms with Gasteiger partial charge >= 0.3 is 0 Å². The summed E-state index contributed by atoms with van der Waals surface area (Å²) in [6, 6.07) is 11.1. The average molecular weight is 388 g/mol. The SMILES string of the molecule is CCOc1ccccc1C(=O)N1CCN(CCNC(=O)c2cccs2)CC1. The number of hydrogen-bond donors (Lipinski definition) is 1. The summed E-state index contributed by atoms with van der Waals surface area (Å²) in [6.45, 7) is 6.81. The highest BCUT2D eigenvalue weighted by molar-refractivity contribution is 7.12. The van der Waals surface area contributed by atoms with Crippen molar-refractivity contribution in [3.63, 3.8) is 0 Å². The van der Waals surface area contributed by atoms with Crippen LogP contribution in [0.1, 0.15) is 27.0 Å². The highest BCUT2D eigenvalue weighted by Gasteiger charge is 2.24. The monoisotopic (exact) mass is 387 g/mol. The molecule has 2 amide bonds.